The number of carbonyl (C=O) groups is 3. The predicted molar refractivity (Wildman–Crippen MR) is 97.4 cm³/mol. The van der Waals surface area contributed by atoms with Gasteiger partial charge < -0.3 is 19.1 Å². The van der Waals surface area contributed by atoms with Crippen LogP contribution in [0.25, 0.3) is 0 Å². The smallest absolute Gasteiger partial charge is 0.457 e. The minimum absolute atomic E-state index is 0.0285. The van der Waals surface area contributed by atoms with E-state index < -0.39 is 24.1 Å². The molecular weight excluding hydrogens is 358 g/mol. The first-order chi connectivity index (χ1) is 12.4. The van der Waals surface area contributed by atoms with Crippen molar-refractivity contribution in [1.29, 1.82) is 0 Å². The van der Waals surface area contributed by atoms with Gasteiger partial charge in [0.05, 0.1) is 12.0 Å². The average Bonchev–Trinajstić information content (AvgIpc) is 2.86. The van der Waals surface area contributed by atoms with Gasteiger partial charge in [-0.15, -0.1) is 0 Å². The summed E-state index contributed by atoms with van der Waals surface area (Å²) in [5, 5.41) is 0. The number of β-lactam (4-membered cyclic amide) rings is 1. The van der Waals surface area contributed by atoms with Crippen LogP contribution in [0.3, 0.4) is 0 Å². The van der Waals surface area contributed by atoms with Crippen molar-refractivity contribution < 1.29 is 28.6 Å². The maximum atomic E-state index is 12.7. The Bertz CT molecular complexity index is 658. The minimum Gasteiger partial charge on any atom is -0.457 e. The molecule has 2 aliphatic heterocycles. The molecular formula is C18H23NO6S. The van der Waals surface area contributed by atoms with Crippen molar-refractivity contribution >= 4 is 30.7 Å². The van der Waals surface area contributed by atoms with Crippen molar-refractivity contribution in [2.24, 2.45) is 11.8 Å². The number of rotatable bonds is 8. The van der Waals surface area contributed by atoms with Crippen molar-refractivity contribution in [3.05, 3.63) is 36.6 Å². The number of thiol groups is 1. The number of amides is 1. The summed E-state index contributed by atoms with van der Waals surface area (Å²) in [6.07, 6.45) is 1.33. The van der Waals surface area contributed by atoms with Gasteiger partial charge in [-0.2, -0.15) is 12.6 Å². The van der Waals surface area contributed by atoms with Crippen LogP contribution in [-0.4, -0.2) is 54.0 Å². The van der Waals surface area contributed by atoms with Crippen LogP contribution >= 0.6 is 12.6 Å². The largest absolute Gasteiger partial charge is 0.508 e. The third-order valence-corrected chi connectivity index (χ3v) is 4.94. The van der Waals surface area contributed by atoms with E-state index in [9.17, 15) is 14.4 Å². The van der Waals surface area contributed by atoms with E-state index in [4.69, 9.17) is 14.2 Å². The van der Waals surface area contributed by atoms with Gasteiger partial charge in [-0.05, 0) is 12.5 Å². The lowest BCUT2D eigenvalue weighted by molar-refractivity contribution is -0.164. The summed E-state index contributed by atoms with van der Waals surface area (Å²) in [4.78, 5) is 38.1. The molecule has 0 aromatic rings. The summed E-state index contributed by atoms with van der Waals surface area (Å²) < 4.78 is 15.1. The Kier molecular flexibility index (Phi) is 6.52. The summed E-state index contributed by atoms with van der Waals surface area (Å²) in [7, 11) is 0. The Morgan fingerprint density at radius 3 is 2.46 bits per heavy atom. The van der Waals surface area contributed by atoms with Crippen molar-refractivity contribution in [1.82, 2.24) is 4.90 Å². The highest BCUT2D eigenvalue weighted by molar-refractivity contribution is 7.80. The minimum atomic E-state index is -0.859. The van der Waals surface area contributed by atoms with E-state index in [2.05, 4.69) is 25.8 Å². The highest BCUT2D eigenvalue weighted by Gasteiger charge is 2.60. The third-order valence-electron chi connectivity index (χ3n) is 4.60. The van der Waals surface area contributed by atoms with Crippen LogP contribution in [0.2, 0.25) is 0 Å². The van der Waals surface area contributed by atoms with Gasteiger partial charge in [0.2, 0.25) is 5.91 Å². The standard InChI is InChI=1S/C18H23NO6S/c1-5-7-23-17(21)15-12(9-26)10(3)14-13(16(20)19(14)15)11(4)25-18(22)24-8-6-2/h5-6,10-11,13-14,26H,1-2,7-9H2,3-4H3. The van der Waals surface area contributed by atoms with Gasteiger partial charge in [0.1, 0.15) is 25.0 Å². The van der Waals surface area contributed by atoms with Gasteiger partial charge in [0.15, 0.2) is 0 Å². The van der Waals surface area contributed by atoms with Crippen LogP contribution < -0.4 is 0 Å². The van der Waals surface area contributed by atoms with E-state index in [-0.39, 0.29) is 36.8 Å². The number of carbonyl (C=O) groups excluding carboxylic acids is 3. The van der Waals surface area contributed by atoms with E-state index >= 15 is 0 Å². The maximum absolute atomic E-state index is 12.7. The number of hydrogen-bond donors (Lipinski definition) is 1. The van der Waals surface area contributed by atoms with E-state index in [1.165, 1.54) is 17.1 Å². The lowest BCUT2D eigenvalue weighted by Crippen LogP contribution is -2.64. The zero-order valence-corrected chi connectivity index (χ0v) is 15.7. The third kappa shape index (κ3) is 3.51. The molecule has 0 aromatic heterocycles. The highest BCUT2D eigenvalue weighted by Crippen LogP contribution is 2.48. The van der Waals surface area contributed by atoms with Gasteiger partial charge in [-0.25, -0.2) is 9.59 Å². The molecule has 0 radical (unpaired) electrons. The molecule has 8 heteroatoms. The van der Waals surface area contributed by atoms with Crippen LogP contribution in [0, 0.1) is 11.8 Å². The fraction of sp³-hybridized carbons (Fsp3) is 0.500. The molecule has 2 rings (SSSR count). The fourth-order valence-electron chi connectivity index (χ4n) is 3.42. The summed E-state index contributed by atoms with van der Waals surface area (Å²) in [6.45, 7) is 10.6. The van der Waals surface area contributed by atoms with Crippen LogP contribution in [0.1, 0.15) is 13.8 Å². The first-order valence-electron chi connectivity index (χ1n) is 8.28. The molecule has 0 N–H and O–H groups in total. The number of hydrogen-bond acceptors (Lipinski definition) is 7. The Hall–Kier alpha value is -2.22. The summed E-state index contributed by atoms with van der Waals surface area (Å²) in [5.41, 5.74) is 0.978. The van der Waals surface area contributed by atoms with Gasteiger partial charge >= 0.3 is 12.1 Å². The van der Waals surface area contributed by atoms with Crippen LogP contribution in [-0.2, 0) is 23.8 Å². The fourth-order valence-corrected chi connectivity index (χ4v) is 3.86. The van der Waals surface area contributed by atoms with Crippen molar-refractivity contribution in [2.45, 2.75) is 26.0 Å². The first kappa shape index (κ1) is 20.1. The van der Waals surface area contributed by atoms with Crippen LogP contribution in [0.5, 0.6) is 0 Å². The molecule has 1 fully saturated rings. The van der Waals surface area contributed by atoms with Crippen molar-refractivity contribution in [2.75, 3.05) is 19.0 Å². The SMILES string of the molecule is C=CCOC(=O)OC(C)C1C(=O)N2C(C(=O)OCC=C)=C(CS)C(C)C12. The Labute approximate surface area is 158 Å². The normalized spacial score (nSPS) is 25.1. The molecule has 2 heterocycles. The monoisotopic (exact) mass is 381 g/mol. The lowest BCUT2D eigenvalue weighted by atomic mass is 9.78. The molecule has 0 spiro atoms. The van der Waals surface area contributed by atoms with E-state index in [0.29, 0.717) is 5.75 Å². The zero-order chi connectivity index (χ0) is 19.4. The summed E-state index contributed by atoms with van der Waals surface area (Å²) >= 11 is 4.30. The highest BCUT2D eigenvalue weighted by atomic mass is 32.1. The lowest BCUT2D eigenvalue weighted by Gasteiger charge is -2.47. The predicted octanol–water partition coefficient (Wildman–Crippen LogP) is 2.10. The number of nitrogens with zero attached hydrogens (tertiary/aromatic N) is 1. The second-order valence-corrected chi connectivity index (χ2v) is 6.42. The average molecular weight is 381 g/mol. The quantitative estimate of drug-likeness (QED) is 0.300. The number of esters is 1. The summed E-state index contributed by atoms with van der Waals surface area (Å²) in [6, 6.07) is -0.280. The molecule has 4 atom stereocenters. The van der Waals surface area contributed by atoms with Gasteiger partial charge in [-0.1, -0.05) is 32.2 Å². The van der Waals surface area contributed by atoms with E-state index in [1.807, 2.05) is 6.92 Å². The molecule has 4 unspecified atom stereocenters. The molecule has 1 amide bonds. The maximum Gasteiger partial charge on any atom is 0.508 e. The second-order valence-electron chi connectivity index (χ2n) is 6.11. The molecule has 0 saturated carbocycles. The zero-order valence-electron chi connectivity index (χ0n) is 14.8. The van der Waals surface area contributed by atoms with Crippen LogP contribution in [0.4, 0.5) is 4.79 Å². The molecule has 7 nitrogen and oxygen atoms in total. The van der Waals surface area contributed by atoms with Crippen molar-refractivity contribution in [3.63, 3.8) is 0 Å². The molecule has 0 aromatic carbocycles. The molecule has 0 bridgehead atoms. The molecule has 142 valence electrons. The Morgan fingerprint density at radius 2 is 1.88 bits per heavy atom. The Morgan fingerprint density at radius 1 is 1.27 bits per heavy atom. The van der Waals surface area contributed by atoms with Gasteiger partial charge in [0.25, 0.3) is 0 Å². The number of fused-ring (bicyclic) bond motifs is 1. The molecule has 0 aliphatic carbocycles. The van der Waals surface area contributed by atoms with Gasteiger partial charge in [0, 0.05) is 11.7 Å². The molecule has 26 heavy (non-hydrogen) atoms. The van der Waals surface area contributed by atoms with Crippen molar-refractivity contribution in [3.8, 4) is 0 Å². The molecule has 2 aliphatic rings. The first-order valence-corrected chi connectivity index (χ1v) is 8.91. The molecule has 1 saturated heterocycles. The number of ether oxygens (including phenoxy) is 3. The van der Waals surface area contributed by atoms with Crippen LogP contribution in [0.15, 0.2) is 36.6 Å². The Balaban J connectivity index is 2.14. The second kappa shape index (κ2) is 8.44. The topological polar surface area (TPSA) is 82.1 Å². The van der Waals surface area contributed by atoms with E-state index in [1.54, 1.807) is 6.92 Å². The van der Waals surface area contributed by atoms with Gasteiger partial charge in [-0.3, -0.25) is 4.79 Å². The van der Waals surface area contributed by atoms with E-state index in [0.717, 1.165) is 5.57 Å². The summed E-state index contributed by atoms with van der Waals surface area (Å²) in [5.74, 6) is -1.19.